The molecule has 0 spiro atoms. The number of carbonyl (C=O) groups is 1. The van der Waals surface area contributed by atoms with Crippen LogP contribution >= 0.6 is 23.4 Å². The lowest BCUT2D eigenvalue weighted by Crippen LogP contribution is -2.34. The van der Waals surface area contributed by atoms with Gasteiger partial charge in [-0.3, -0.25) is 14.9 Å². The smallest absolute Gasteiger partial charge is 0.271 e. The van der Waals surface area contributed by atoms with Gasteiger partial charge in [0.05, 0.1) is 21.2 Å². The number of nitro groups is 1. The molecule has 8 heteroatoms. The number of rotatable bonds is 6. The number of nitrogens with one attached hydrogen (secondary N) is 1. The van der Waals surface area contributed by atoms with Crippen molar-refractivity contribution in [3.63, 3.8) is 0 Å². The normalized spacial score (nSPS) is 11.9. The van der Waals surface area contributed by atoms with Crippen molar-refractivity contribution < 1.29 is 9.72 Å². The Balaban J connectivity index is 2.94. The van der Waals surface area contributed by atoms with Gasteiger partial charge in [-0.15, -0.1) is 0 Å². The van der Waals surface area contributed by atoms with Gasteiger partial charge in [0.1, 0.15) is 0 Å². The largest absolute Gasteiger partial charge is 0.397 e. The minimum Gasteiger partial charge on any atom is -0.397 e. The maximum Gasteiger partial charge on any atom is 0.271 e. The van der Waals surface area contributed by atoms with Gasteiger partial charge in [-0.25, -0.2) is 0 Å². The van der Waals surface area contributed by atoms with Gasteiger partial charge in [-0.1, -0.05) is 18.5 Å². The van der Waals surface area contributed by atoms with Gasteiger partial charge in [0, 0.05) is 23.9 Å². The molecule has 6 nitrogen and oxygen atoms in total. The first-order valence-corrected chi connectivity index (χ1v) is 7.52. The molecule has 0 aliphatic heterocycles. The predicted octanol–water partition coefficient (Wildman–Crippen LogP) is 2.70. The molecule has 0 fully saturated rings. The van der Waals surface area contributed by atoms with Crippen LogP contribution in [0.4, 0.5) is 11.4 Å². The molecule has 0 saturated carbocycles. The Morgan fingerprint density at radius 1 is 1.60 bits per heavy atom. The van der Waals surface area contributed by atoms with Gasteiger partial charge in [-0.2, -0.15) is 11.8 Å². The van der Waals surface area contributed by atoms with Crippen molar-refractivity contribution in [2.45, 2.75) is 19.9 Å². The first kappa shape index (κ1) is 16.6. The van der Waals surface area contributed by atoms with E-state index in [1.807, 2.05) is 13.8 Å². The van der Waals surface area contributed by atoms with E-state index in [9.17, 15) is 14.9 Å². The Labute approximate surface area is 126 Å². The fraction of sp³-hybridized carbons (Fsp3) is 0.417. The molecule has 1 amide bonds. The molecule has 1 atom stereocenters. The number of anilines is 1. The zero-order valence-electron chi connectivity index (χ0n) is 11.2. The number of benzene rings is 1. The summed E-state index contributed by atoms with van der Waals surface area (Å²) in [6.45, 7) is 3.88. The van der Waals surface area contributed by atoms with Crippen LogP contribution in [0.5, 0.6) is 0 Å². The Morgan fingerprint density at radius 3 is 2.80 bits per heavy atom. The molecule has 0 aliphatic carbocycles. The summed E-state index contributed by atoms with van der Waals surface area (Å²) in [6, 6.07) is 2.20. The number of nitrogens with zero attached hydrogens (tertiary/aromatic N) is 1. The summed E-state index contributed by atoms with van der Waals surface area (Å²) in [7, 11) is 0. The van der Waals surface area contributed by atoms with Crippen molar-refractivity contribution in [3.05, 3.63) is 32.8 Å². The third kappa shape index (κ3) is 4.28. The SMILES string of the molecule is CCSCC(C)NC(=O)c1cc([N+](=O)[O-])cc(Cl)c1N. The number of nitrogens with two attached hydrogens (primary N) is 1. The summed E-state index contributed by atoms with van der Waals surface area (Å²) in [5.74, 6) is 1.24. The monoisotopic (exact) mass is 317 g/mol. The fourth-order valence-electron chi connectivity index (χ4n) is 1.53. The average molecular weight is 318 g/mol. The van der Waals surface area contributed by atoms with Crippen LogP contribution in [-0.4, -0.2) is 28.4 Å². The Kier molecular flexibility index (Phi) is 6.09. The lowest BCUT2D eigenvalue weighted by atomic mass is 10.1. The van der Waals surface area contributed by atoms with Crippen LogP contribution < -0.4 is 11.1 Å². The topological polar surface area (TPSA) is 98.3 Å². The van der Waals surface area contributed by atoms with Gasteiger partial charge >= 0.3 is 0 Å². The highest BCUT2D eigenvalue weighted by Crippen LogP contribution is 2.28. The summed E-state index contributed by atoms with van der Waals surface area (Å²) in [6.07, 6.45) is 0. The molecule has 1 unspecified atom stereocenters. The summed E-state index contributed by atoms with van der Waals surface area (Å²) in [5.41, 5.74) is 5.52. The van der Waals surface area contributed by atoms with E-state index in [4.69, 9.17) is 17.3 Å². The van der Waals surface area contributed by atoms with Gasteiger partial charge in [0.2, 0.25) is 0 Å². The number of halogens is 1. The van der Waals surface area contributed by atoms with E-state index in [2.05, 4.69) is 5.32 Å². The molecular weight excluding hydrogens is 302 g/mol. The standard InChI is InChI=1S/C12H16ClN3O3S/c1-3-20-6-7(2)15-12(17)9-4-8(16(18)19)5-10(13)11(9)14/h4-5,7H,3,6,14H2,1-2H3,(H,15,17). The van der Waals surface area contributed by atoms with Crippen LogP contribution in [0.2, 0.25) is 5.02 Å². The van der Waals surface area contributed by atoms with E-state index in [-0.39, 0.29) is 28.0 Å². The number of nitro benzene ring substituents is 1. The number of nitrogen functional groups attached to an aromatic ring is 1. The molecule has 0 aromatic heterocycles. The first-order valence-electron chi connectivity index (χ1n) is 5.98. The molecule has 1 rings (SSSR count). The summed E-state index contributed by atoms with van der Waals surface area (Å²) in [4.78, 5) is 22.2. The van der Waals surface area contributed by atoms with Crippen molar-refractivity contribution in [2.75, 3.05) is 17.2 Å². The minimum absolute atomic E-state index is 0.0000590. The van der Waals surface area contributed by atoms with Gasteiger partial charge in [-0.05, 0) is 12.7 Å². The van der Waals surface area contributed by atoms with Gasteiger partial charge in [0.15, 0.2) is 0 Å². The Hall–Kier alpha value is -1.47. The van der Waals surface area contributed by atoms with E-state index in [1.165, 1.54) is 0 Å². The number of non-ortho nitro benzene ring substituents is 1. The molecule has 1 aromatic carbocycles. The zero-order valence-corrected chi connectivity index (χ0v) is 12.8. The summed E-state index contributed by atoms with van der Waals surface area (Å²) in [5, 5.41) is 13.5. The van der Waals surface area contributed by atoms with Crippen LogP contribution in [-0.2, 0) is 0 Å². The highest BCUT2D eigenvalue weighted by atomic mass is 35.5. The maximum atomic E-state index is 12.1. The second-order valence-corrected chi connectivity index (χ2v) is 5.91. The van der Waals surface area contributed by atoms with E-state index >= 15 is 0 Å². The predicted molar refractivity (Wildman–Crippen MR) is 82.4 cm³/mol. The average Bonchev–Trinajstić information content (AvgIpc) is 2.38. The van der Waals surface area contributed by atoms with Crippen LogP contribution in [0.25, 0.3) is 0 Å². The lowest BCUT2D eigenvalue weighted by Gasteiger charge is -2.14. The number of thioether (sulfide) groups is 1. The molecule has 1 aromatic rings. The molecular formula is C12H16ClN3O3S. The van der Waals surface area contributed by atoms with Gasteiger partial charge < -0.3 is 11.1 Å². The molecule has 0 radical (unpaired) electrons. The quantitative estimate of drug-likeness (QED) is 0.477. The molecule has 3 N–H and O–H groups in total. The van der Waals surface area contributed by atoms with Crippen LogP contribution in [0.3, 0.4) is 0 Å². The number of hydrogen-bond acceptors (Lipinski definition) is 5. The van der Waals surface area contributed by atoms with Crippen molar-refractivity contribution >= 4 is 40.6 Å². The molecule has 0 saturated heterocycles. The Bertz CT molecular complexity index is 525. The third-order valence-corrected chi connectivity index (χ3v) is 3.98. The molecule has 0 aliphatic rings. The first-order chi connectivity index (χ1) is 9.36. The molecule has 110 valence electrons. The maximum absolute atomic E-state index is 12.1. The Morgan fingerprint density at radius 2 is 2.25 bits per heavy atom. The van der Waals surface area contributed by atoms with Crippen LogP contribution in [0.15, 0.2) is 12.1 Å². The van der Waals surface area contributed by atoms with E-state index in [1.54, 1.807) is 11.8 Å². The number of carbonyl (C=O) groups excluding carboxylic acids is 1. The highest BCUT2D eigenvalue weighted by Gasteiger charge is 2.19. The second-order valence-electron chi connectivity index (χ2n) is 4.18. The van der Waals surface area contributed by atoms with Gasteiger partial charge in [0.25, 0.3) is 11.6 Å². The van der Waals surface area contributed by atoms with Crippen molar-refractivity contribution in [1.29, 1.82) is 0 Å². The summed E-state index contributed by atoms with van der Waals surface area (Å²) >= 11 is 7.50. The van der Waals surface area contributed by atoms with Crippen LogP contribution in [0.1, 0.15) is 24.2 Å². The van der Waals surface area contributed by atoms with Crippen molar-refractivity contribution in [2.24, 2.45) is 0 Å². The van der Waals surface area contributed by atoms with E-state index in [0.717, 1.165) is 23.6 Å². The van der Waals surface area contributed by atoms with E-state index in [0.29, 0.717) is 0 Å². The zero-order chi connectivity index (χ0) is 15.3. The second kappa shape index (κ2) is 7.35. The lowest BCUT2D eigenvalue weighted by molar-refractivity contribution is -0.384. The van der Waals surface area contributed by atoms with E-state index < -0.39 is 10.8 Å². The fourth-order valence-corrected chi connectivity index (χ4v) is 2.42. The van der Waals surface area contributed by atoms with Crippen molar-refractivity contribution in [3.8, 4) is 0 Å². The van der Waals surface area contributed by atoms with Crippen molar-refractivity contribution in [1.82, 2.24) is 5.32 Å². The third-order valence-electron chi connectivity index (χ3n) is 2.52. The number of hydrogen-bond donors (Lipinski definition) is 2. The minimum atomic E-state index is -0.613. The molecule has 0 bridgehead atoms. The molecule has 0 heterocycles. The summed E-state index contributed by atoms with van der Waals surface area (Å²) < 4.78 is 0. The van der Waals surface area contributed by atoms with Crippen LogP contribution in [0, 0.1) is 10.1 Å². The highest BCUT2D eigenvalue weighted by molar-refractivity contribution is 7.99. The number of amides is 1. The molecule has 20 heavy (non-hydrogen) atoms.